The Bertz CT molecular complexity index is 699. The van der Waals surface area contributed by atoms with E-state index in [1.807, 2.05) is 16.9 Å². The van der Waals surface area contributed by atoms with Crippen LogP contribution in [0.1, 0.15) is 34.5 Å². The van der Waals surface area contributed by atoms with Crippen LogP contribution in [-0.2, 0) is 19.4 Å². The van der Waals surface area contributed by atoms with Gasteiger partial charge >= 0.3 is 0 Å². The topological polar surface area (TPSA) is 46.9 Å². The summed E-state index contributed by atoms with van der Waals surface area (Å²) >= 11 is 9.42. The Hall–Kier alpha value is -1.33. The second-order valence-electron chi connectivity index (χ2n) is 5.43. The largest absolute Gasteiger partial charge is 0.350 e. The molecule has 0 bridgehead atoms. The highest BCUT2D eigenvalue weighted by molar-refractivity contribution is 9.10. The number of nitrogens with zero attached hydrogens (tertiary/aromatic N) is 2. The molecule has 2 aromatic rings. The molecule has 0 radical (unpaired) electrons. The average Bonchev–Trinajstić information content (AvgIpc) is 2.93. The number of hydrogen-bond donors (Lipinski definition) is 1. The summed E-state index contributed by atoms with van der Waals surface area (Å²) in [6.07, 6.45) is 6.63. The van der Waals surface area contributed by atoms with E-state index >= 15 is 0 Å². The highest BCUT2D eigenvalue weighted by Crippen LogP contribution is 2.21. The summed E-state index contributed by atoms with van der Waals surface area (Å²) in [7, 11) is 0. The van der Waals surface area contributed by atoms with E-state index in [2.05, 4.69) is 26.3 Å². The Balaban J connectivity index is 1.60. The van der Waals surface area contributed by atoms with Crippen molar-refractivity contribution >= 4 is 33.4 Å². The molecule has 1 aliphatic rings. The van der Waals surface area contributed by atoms with E-state index in [4.69, 9.17) is 11.6 Å². The molecule has 6 heteroatoms. The zero-order valence-electron chi connectivity index (χ0n) is 12.1. The number of aryl methyl sites for hydroxylation is 1. The molecule has 22 heavy (non-hydrogen) atoms. The zero-order chi connectivity index (χ0) is 15.5. The first-order chi connectivity index (χ1) is 10.6. The van der Waals surface area contributed by atoms with Crippen LogP contribution in [0.25, 0.3) is 0 Å². The third kappa shape index (κ3) is 3.36. The lowest BCUT2D eigenvalue weighted by Crippen LogP contribution is -2.28. The maximum absolute atomic E-state index is 12.2. The molecule has 0 aliphatic heterocycles. The molecule has 0 saturated heterocycles. The van der Waals surface area contributed by atoms with Crippen molar-refractivity contribution in [3.8, 4) is 0 Å². The predicted molar refractivity (Wildman–Crippen MR) is 90.4 cm³/mol. The van der Waals surface area contributed by atoms with Crippen molar-refractivity contribution in [1.29, 1.82) is 0 Å². The number of carbonyl (C=O) groups is 1. The number of fused-ring (bicyclic) bond motifs is 1. The van der Waals surface area contributed by atoms with Gasteiger partial charge in [0, 0.05) is 16.7 Å². The monoisotopic (exact) mass is 381 g/mol. The molecule has 1 amide bonds. The fourth-order valence-electron chi connectivity index (χ4n) is 2.79. The summed E-state index contributed by atoms with van der Waals surface area (Å²) in [5, 5.41) is 7.79. The van der Waals surface area contributed by atoms with Gasteiger partial charge in [-0.3, -0.25) is 9.48 Å². The number of amides is 1. The lowest BCUT2D eigenvalue weighted by molar-refractivity contribution is 0.0952. The zero-order valence-corrected chi connectivity index (χ0v) is 14.5. The lowest BCUT2D eigenvalue weighted by Gasteiger charge is -2.14. The van der Waals surface area contributed by atoms with Crippen molar-refractivity contribution in [2.45, 2.75) is 32.2 Å². The van der Waals surface area contributed by atoms with Gasteiger partial charge in [0.05, 0.1) is 23.3 Å². The minimum atomic E-state index is -0.160. The van der Waals surface area contributed by atoms with Crippen molar-refractivity contribution < 1.29 is 4.79 Å². The Kier molecular flexibility index (Phi) is 4.84. The van der Waals surface area contributed by atoms with Gasteiger partial charge in [-0.2, -0.15) is 5.10 Å². The third-order valence-electron chi connectivity index (χ3n) is 3.93. The maximum atomic E-state index is 12.2. The number of hydrogen-bond acceptors (Lipinski definition) is 2. The van der Waals surface area contributed by atoms with Crippen LogP contribution in [0.2, 0.25) is 5.02 Å². The van der Waals surface area contributed by atoms with Crippen molar-refractivity contribution in [3.63, 3.8) is 0 Å². The fourth-order valence-corrected chi connectivity index (χ4v) is 3.35. The van der Waals surface area contributed by atoms with Gasteiger partial charge in [0.15, 0.2) is 0 Å². The Labute approximate surface area is 143 Å². The third-order valence-corrected chi connectivity index (χ3v) is 4.75. The number of nitrogens with one attached hydrogen (secondary N) is 1. The molecule has 0 fully saturated rings. The van der Waals surface area contributed by atoms with Crippen molar-refractivity contribution in [2.75, 3.05) is 6.54 Å². The second kappa shape index (κ2) is 6.84. The average molecular weight is 383 g/mol. The van der Waals surface area contributed by atoms with Crippen LogP contribution in [0.4, 0.5) is 0 Å². The van der Waals surface area contributed by atoms with Crippen LogP contribution in [0, 0.1) is 0 Å². The standard InChI is InChI=1S/C16H17BrClN3O/c17-12-5-6-14(18)13(9-12)16(22)19-7-8-21-15-4-2-1-3-11(15)10-20-21/h5-6,9-10H,1-4,7-8H2,(H,19,22). The van der Waals surface area contributed by atoms with Gasteiger partial charge in [0.2, 0.25) is 0 Å². The molecule has 0 atom stereocenters. The van der Waals surface area contributed by atoms with Gasteiger partial charge in [0.25, 0.3) is 5.91 Å². The van der Waals surface area contributed by atoms with Gasteiger partial charge in [-0.15, -0.1) is 0 Å². The molecule has 4 nitrogen and oxygen atoms in total. The molecule has 3 rings (SSSR count). The molecule has 0 saturated carbocycles. The number of benzene rings is 1. The minimum absolute atomic E-state index is 0.160. The summed E-state index contributed by atoms with van der Waals surface area (Å²) in [6, 6.07) is 5.26. The Morgan fingerprint density at radius 2 is 2.18 bits per heavy atom. The molecule has 1 heterocycles. The first kappa shape index (κ1) is 15.6. The van der Waals surface area contributed by atoms with E-state index in [1.165, 1.54) is 24.1 Å². The highest BCUT2D eigenvalue weighted by Gasteiger charge is 2.15. The normalized spacial score (nSPS) is 13.7. The summed E-state index contributed by atoms with van der Waals surface area (Å²) in [4.78, 5) is 12.2. The van der Waals surface area contributed by atoms with Gasteiger partial charge in [-0.25, -0.2) is 0 Å². The molecule has 0 spiro atoms. The lowest BCUT2D eigenvalue weighted by atomic mass is 9.98. The van der Waals surface area contributed by atoms with Crippen LogP contribution in [0.5, 0.6) is 0 Å². The highest BCUT2D eigenvalue weighted by atomic mass is 79.9. The Morgan fingerprint density at radius 1 is 1.36 bits per heavy atom. The van der Waals surface area contributed by atoms with Crippen LogP contribution in [-0.4, -0.2) is 22.2 Å². The summed E-state index contributed by atoms with van der Waals surface area (Å²) < 4.78 is 2.85. The van der Waals surface area contributed by atoms with E-state index in [0.717, 1.165) is 17.3 Å². The van der Waals surface area contributed by atoms with Gasteiger partial charge in [-0.05, 0) is 49.4 Å². The van der Waals surface area contributed by atoms with Gasteiger partial charge < -0.3 is 5.32 Å². The first-order valence-electron chi connectivity index (χ1n) is 7.42. The van der Waals surface area contributed by atoms with E-state index in [1.54, 1.807) is 12.1 Å². The van der Waals surface area contributed by atoms with Gasteiger partial charge in [0.1, 0.15) is 0 Å². The molecular weight excluding hydrogens is 366 g/mol. The SMILES string of the molecule is O=C(NCCn1ncc2c1CCCC2)c1cc(Br)ccc1Cl. The van der Waals surface area contributed by atoms with Gasteiger partial charge in [-0.1, -0.05) is 27.5 Å². The van der Waals surface area contributed by atoms with Crippen molar-refractivity contribution in [3.05, 3.63) is 50.7 Å². The molecule has 116 valence electrons. The first-order valence-corrected chi connectivity index (χ1v) is 8.59. The van der Waals surface area contributed by atoms with E-state index in [-0.39, 0.29) is 5.91 Å². The van der Waals surface area contributed by atoms with Crippen LogP contribution >= 0.6 is 27.5 Å². The predicted octanol–water partition coefficient (Wildman–Crippen LogP) is 3.61. The molecule has 1 aliphatic carbocycles. The van der Waals surface area contributed by atoms with Crippen LogP contribution < -0.4 is 5.32 Å². The summed E-state index contributed by atoms with van der Waals surface area (Å²) in [5.74, 6) is -0.160. The van der Waals surface area contributed by atoms with Crippen molar-refractivity contribution in [2.24, 2.45) is 0 Å². The van der Waals surface area contributed by atoms with E-state index in [9.17, 15) is 4.79 Å². The summed E-state index contributed by atoms with van der Waals surface area (Å²) in [5.41, 5.74) is 3.16. The van der Waals surface area contributed by atoms with Crippen LogP contribution in [0.3, 0.4) is 0 Å². The number of carbonyl (C=O) groups excluding carboxylic acids is 1. The maximum Gasteiger partial charge on any atom is 0.252 e. The van der Waals surface area contributed by atoms with E-state index < -0.39 is 0 Å². The molecule has 0 unspecified atom stereocenters. The van der Waals surface area contributed by atoms with Crippen LogP contribution in [0.15, 0.2) is 28.9 Å². The van der Waals surface area contributed by atoms with E-state index in [0.29, 0.717) is 23.7 Å². The quantitative estimate of drug-likeness (QED) is 0.878. The Morgan fingerprint density at radius 3 is 3.05 bits per heavy atom. The van der Waals surface area contributed by atoms with Crippen molar-refractivity contribution in [1.82, 2.24) is 15.1 Å². The number of halogens is 2. The molecule has 1 N–H and O–H groups in total. The smallest absolute Gasteiger partial charge is 0.252 e. The molecular formula is C16H17BrClN3O. The summed E-state index contributed by atoms with van der Waals surface area (Å²) in [6.45, 7) is 1.22. The molecule has 1 aromatic heterocycles. The minimum Gasteiger partial charge on any atom is -0.350 e. The second-order valence-corrected chi connectivity index (χ2v) is 6.75. The molecule has 1 aromatic carbocycles. The number of rotatable bonds is 4. The fraction of sp³-hybridized carbons (Fsp3) is 0.375. The number of aromatic nitrogens is 2.